The van der Waals surface area contributed by atoms with Crippen molar-refractivity contribution in [1.29, 1.82) is 0 Å². The van der Waals surface area contributed by atoms with Crippen LogP contribution in [0, 0.1) is 0 Å². The molecule has 94 valence electrons. The summed E-state index contributed by atoms with van der Waals surface area (Å²) in [5, 5.41) is 8.78. The molecule has 0 spiro atoms. The third-order valence-electron chi connectivity index (χ3n) is 2.61. The minimum absolute atomic E-state index is 0.587. The minimum atomic E-state index is -0.960. The van der Waals surface area contributed by atoms with Crippen molar-refractivity contribution in [3.8, 4) is 5.75 Å². The molecule has 0 unspecified atom stereocenters. The lowest BCUT2D eigenvalue weighted by atomic mass is 10.2. The summed E-state index contributed by atoms with van der Waals surface area (Å²) < 4.78 is 5.33. The van der Waals surface area contributed by atoms with E-state index in [1.165, 1.54) is 6.92 Å². The van der Waals surface area contributed by atoms with E-state index in [2.05, 4.69) is 18.7 Å². The van der Waals surface area contributed by atoms with Gasteiger partial charge in [0.25, 0.3) is 0 Å². The number of nitrogens with zero attached hydrogens (tertiary/aromatic N) is 1. The highest BCUT2D eigenvalue weighted by Crippen LogP contribution is 2.21. The molecule has 0 aliphatic heterocycles. The van der Waals surface area contributed by atoms with Crippen LogP contribution < -0.4 is 9.64 Å². The Morgan fingerprint density at radius 2 is 2.06 bits per heavy atom. The average molecular weight is 237 g/mol. The summed E-state index contributed by atoms with van der Waals surface area (Å²) in [6.45, 7) is 7.50. The van der Waals surface area contributed by atoms with Crippen molar-refractivity contribution in [2.24, 2.45) is 0 Å². The molecule has 0 aliphatic carbocycles. The van der Waals surface area contributed by atoms with E-state index in [9.17, 15) is 4.79 Å². The van der Waals surface area contributed by atoms with E-state index in [4.69, 9.17) is 9.84 Å². The second kappa shape index (κ2) is 6.13. The number of benzene rings is 1. The van der Waals surface area contributed by atoms with Crippen LogP contribution in [0.2, 0.25) is 0 Å². The number of anilines is 1. The van der Waals surface area contributed by atoms with E-state index in [0.717, 1.165) is 18.8 Å². The number of ether oxygens (including phenoxy) is 1. The van der Waals surface area contributed by atoms with Crippen molar-refractivity contribution in [2.45, 2.75) is 26.9 Å². The zero-order valence-corrected chi connectivity index (χ0v) is 10.5. The molecule has 0 heterocycles. The molecule has 0 bridgehead atoms. The lowest BCUT2D eigenvalue weighted by Crippen LogP contribution is -2.24. The van der Waals surface area contributed by atoms with E-state index >= 15 is 0 Å². The van der Waals surface area contributed by atoms with Gasteiger partial charge in [0.2, 0.25) is 0 Å². The number of aliphatic carboxylic acids is 1. The van der Waals surface area contributed by atoms with Gasteiger partial charge in [-0.25, -0.2) is 4.79 Å². The Labute approximate surface area is 102 Å². The number of carbonyl (C=O) groups is 1. The van der Waals surface area contributed by atoms with Crippen molar-refractivity contribution in [3.05, 3.63) is 24.3 Å². The topological polar surface area (TPSA) is 49.8 Å². The zero-order valence-electron chi connectivity index (χ0n) is 10.5. The van der Waals surface area contributed by atoms with Gasteiger partial charge in [0.05, 0.1) is 0 Å². The van der Waals surface area contributed by atoms with Gasteiger partial charge >= 0.3 is 5.97 Å². The second-order valence-corrected chi connectivity index (χ2v) is 3.77. The van der Waals surface area contributed by atoms with Gasteiger partial charge in [-0.3, -0.25) is 0 Å². The summed E-state index contributed by atoms with van der Waals surface area (Å²) in [6, 6.07) is 7.50. The molecule has 0 amide bonds. The van der Waals surface area contributed by atoms with Gasteiger partial charge in [-0.1, -0.05) is 6.07 Å². The first-order chi connectivity index (χ1) is 8.08. The van der Waals surface area contributed by atoms with Crippen molar-refractivity contribution in [3.63, 3.8) is 0 Å². The Bertz CT molecular complexity index is 375. The summed E-state index contributed by atoms with van der Waals surface area (Å²) in [6.07, 6.45) is -0.832. The molecule has 17 heavy (non-hydrogen) atoms. The smallest absolute Gasteiger partial charge is 0.344 e. The summed E-state index contributed by atoms with van der Waals surface area (Å²) >= 11 is 0. The van der Waals surface area contributed by atoms with Crippen LogP contribution in [0.15, 0.2) is 24.3 Å². The molecule has 0 radical (unpaired) electrons. The first-order valence-corrected chi connectivity index (χ1v) is 5.83. The maximum absolute atomic E-state index is 10.7. The molecule has 4 heteroatoms. The van der Waals surface area contributed by atoms with Gasteiger partial charge in [0.15, 0.2) is 6.10 Å². The third-order valence-corrected chi connectivity index (χ3v) is 2.61. The largest absolute Gasteiger partial charge is 0.479 e. The maximum atomic E-state index is 10.7. The summed E-state index contributed by atoms with van der Waals surface area (Å²) in [5.74, 6) is -0.373. The van der Waals surface area contributed by atoms with Crippen LogP contribution >= 0.6 is 0 Å². The van der Waals surface area contributed by atoms with Crippen molar-refractivity contribution >= 4 is 11.7 Å². The van der Waals surface area contributed by atoms with Crippen molar-refractivity contribution in [1.82, 2.24) is 0 Å². The predicted molar refractivity (Wildman–Crippen MR) is 67.7 cm³/mol. The monoisotopic (exact) mass is 237 g/mol. The highest BCUT2D eigenvalue weighted by atomic mass is 16.5. The Kier molecular flexibility index (Phi) is 4.82. The van der Waals surface area contributed by atoms with Crippen LogP contribution in [-0.2, 0) is 4.79 Å². The maximum Gasteiger partial charge on any atom is 0.344 e. The molecule has 0 saturated heterocycles. The molecule has 1 rings (SSSR count). The standard InChI is InChI=1S/C13H19NO3/c1-4-14(5-2)11-7-6-8-12(9-11)17-10(3)13(15)16/h6-10H,4-5H2,1-3H3,(H,15,16)/t10-/m1/s1. The molecule has 0 aliphatic rings. The molecule has 1 N–H and O–H groups in total. The second-order valence-electron chi connectivity index (χ2n) is 3.77. The lowest BCUT2D eigenvalue weighted by Gasteiger charge is -2.21. The summed E-state index contributed by atoms with van der Waals surface area (Å²) in [4.78, 5) is 12.9. The Hall–Kier alpha value is -1.71. The number of hydrogen-bond donors (Lipinski definition) is 1. The summed E-state index contributed by atoms with van der Waals surface area (Å²) in [5.41, 5.74) is 1.05. The van der Waals surface area contributed by atoms with Crippen molar-refractivity contribution < 1.29 is 14.6 Å². The van der Waals surface area contributed by atoms with Crippen LogP contribution in [0.5, 0.6) is 5.75 Å². The van der Waals surface area contributed by atoms with E-state index in [-0.39, 0.29) is 0 Å². The average Bonchev–Trinajstić information content (AvgIpc) is 2.31. The van der Waals surface area contributed by atoms with Crippen LogP contribution in [0.25, 0.3) is 0 Å². The molecule has 0 saturated carbocycles. The first-order valence-electron chi connectivity index (χ1n) is 5.83. The fourth-order valence-corrected chi connectivity index (χ4v) is 1.60. The normalized spacial score (nSPS) is 11.9. The fraction of sp³-hybridized carbons (Fsp3) is 0.462. The first kappa shape index (κ1) is 13.4. The third kappa shape index (κ3) is 3.66. The number of rotatable bonds is 6. The number of carboxylic acid groups (broad SMARTS) is 1. The Morgan fingerprint density at radius 1 is 1.41 bits per heavy atom. The molecule has 0 fully saturated rings. The highest BCUT2D eigenvalue weighted by molar-refractivity contribution is 5.72. The van der Waals surface area contributed by atoms with Gasteiger partial charge in [0, 0.05) is 24.8 Å². The summed E-state index contributed by atoms with van der Waals surface area (Å²) in [7, 11) is 0. The molecule has 0 aromatic heterocycles. The van der Waals surface area contributed by atoms with Gasteiger partial charge < -0.3 is 14.7 Å². The van der Waals surface area contributed by atoms with Gasteiger partial charge in [-0.05, 0) is 32.9 Å². The number of hydrogen-bond acceptors (Lipinski definition) is 3. The van der Waals surface area contributed by atoms with Crippen LogP contribution in [0.3, 0.4) is 0 Å². The van der Waals surface area contributed by atoms with Crippen LogP contribution in [0.1, 0.15) is 20.8 Å². The molecule has 1 aromatic carbocycles. The lowest BCUT2D eigenvalue weighted by molar-refractivity contribution is -0.144. The molecule has 1 aromatic rings. The van der Waals surface area contributed by atoms with E-state index in [1.54, 1.807) is 6.07 Å². The minimum Gasteiger partial charge on any atom is -0.479 e. The molecular formula is C13H19NO3. The quantitative estimate of drug-likeness (QED) is 0.825. The van der Waals surface area contributed by atoms with Gasteiger partial charge in [-0.15, -0.1) is 0 Å². The Morgan fingerprint density at radius 3 is 2.59 bits per heavy atom. The van der Waals surface area contributed by atoms with Crippen LogP contribution in [-0.4, -0.2) is 30.3 Å². The molecule has 4 nitrogen and oxygen atoms in total. The van der Waals surface area contributed by atoms with E-state index in [0.29, 0.717) is 5.75 Å². The SMILES string of the molecule is CCN(CC)c1cccc(O[C@H](C)C(=O)O)c1. The van der Waals surface area contributed by atoms with E-state index < -0.39 is 12.1 Å². The van der Waals surface area contributed by atoms with Gasteiger partial charge in [0.1, 0.15) is 5.75 Å². The van der Waals surface area contributed by atoms with E-state index in [1.807, 2.05) is 18.2 Å². The predicted octanol–water partition coefficient (Wildman–Crippen LogP) is 2.38. The number of carboxylic acids is 1. The molecular weight excluding hydrogens is 218 g/mol. The Balaban J connectivity index is 2.82. The fourth-order valence-electron chi connectivity index (χ4n) is 1.60. The molecule has 1 atom stereocenters. The highest BCUT2D eigenvalue weighted by Gasteiger charge is 2.12. The zero-order chi connectivity index (χ0) is 12.8. The van der Waals surface area contributed by atoms with Crippen LogP contribution in [0.4, 0.5) is 5.69 Å². The van der Waals surface area contributed by atoms with Gasteiger partial charge in [-0.2, -0.15) is 0 Å². The van der Waals surface area contributed by atoms with Crippen molar-refractivity contribution in [2.75, 3.05) is 18.0 Å².